The summed E-state index contributed by atoms with van der Waals surface area (Å²) in [4.78, 5) is 11.8. The van der Waals surface area contributed by atoms with Gasteiger partial charge in [0, 0.05) is 6.54 Å². The Balaban J connectivity index is 3.30. The number of hydrogen-bond acceptors (Lipinski definition) is 3. The summed E-state index contributed by atoms with van der Waals surface area (Å²) in [5.41, 5.74) is 0. The molecule has 26 heavy (non-hydrogen) atoms. The van der Waals surface area contributed by atoms with Crippen molar-refractivity contribution >= 4 is 5.91 Å². The fourth-order valence-corrected chi connectivity index (χ4v) is 2.99. The van der Waals surface area contributed by atoms with Crippen LogP contribution in [0.5, 0.6) is 0 Å². The Morgan fingerprint density at radius 2 is 1.46 bits per heavy atom. The molecule has 0 aliphatic carbocycles. The molecule has 4 heteroatoms. The second-order valence-electron chi connectivity index (χ2n) is 7.66. The zero-order valence-electron chi connectivity index (χ0n) is 17.3. The van der Waals surface area contributed by atoms with Crippen molar-refractivity contribution < 1.29 is 14.6 Å². The first-order valence-electron chi connectivity index (χ1n) is 10.7. The minimum Gasteiger partial charge on any atom is -0.393 e. The van der Waals surface area contributed by atoms with Gasteiger partial charge >= 0.3 is 0 Å². The molecule has 154 valence electrons. The number of rotatable bonds is 19. The van der Waals surface area contributed by atoms with Crippen LogP contribution in [0, 0.1) is 5.92 Å². The summed E-state index contributed by atoms with van der Waals surface area (Å²) in [6.07, 6.45) is 16.5. The maximum atomic E-state index is 11.8. The number of ether oxygens (including phenoxy) is 1. The van der Waals surface area contributed by atoms with E-state index >= 15 is 0 Å². The fraction of sp³-hybridized carbons (Fsp3) is 0.864. The van der Waals surface area contributed by atoms with Crippen molar-refractivity contribution in [2.75, 3.05) is 19.8 Å². The lowest BCUT2D eigenvalue weighted by Crippen LogP contribution is -2.39. The Labute approximate surface area is 161 Å². The summed E-state index contributed by atoms with van der Waals surface area (Å²) in [6.45, 7) is 8.78. The molecule has 0 bridgehead atoms. The van der Waals surface area contributed by atoms with Gasteiger partial charge in [0.1, 0.15) is 0 Å². The van der Waals surface area contributed by atoms with Gasteiger partial charge in [0.2, 0.25) is 0 Å². The molecule has 0 heterocycles. The standard InChI is InChI=1S/C22H43NO3/c1-4-18-26-21(19-24)22(25)23-17-15-13-11-9-7-5-6-8-10-12-14-16-20(2)3/h4,20-21,24H,1,5-19H2,2-3H3,(H,23,25)/t21-/m1/s1. The topological polar surface area (TPSA) is 58.6 Å². The van der Waals surface area contributed by atoms with Crippen molar-refractivity contribution in [1.29, 1.82) is 0 Å². The largest absolute Gasteiger partial charge is 0.393 e. The zero-order valence-corrected chi connectivity index (χ0v) is 17.3. The number of amides is 1. The van der Waals surface area contributed by atoms with Crippen molar-refractivity contribution in [2.24, 2.45) is 5.92 Å². The molecule has 0 aliphatic heterocycles. The molecule has 0 aromatic carbocycles. The predicted molar refractivity (Wildman–Crippen MR) is 110 cm³/mol. The van der Waals surface area contributed by atoms with Gasteiger partial charge in [-0.15, -0.1) is 6.58 Å². The molecular formula is C22H43NO3. The molecule has 0 saturated carbocycles. The Morgan fingerprint density at radius 1 is 0.962 bits per heavy atom. The highest BCUT2D eigenvalue weighted by Gasteiger charge is 2.16. The zero-order chi connectivity index (χ0) is 19.5. The second kappa shape index (κ2) is 18.9. The Bertz CT molecular complexity index is 331. The molecule has 0 fully saturated rings. The number of aliphatic hydroxyl groups is 1. The highest BCUT2D eigenvalue weighted by atomic mass is 16.5. The lowest BCUT2D eigenvalue weighted by molar-refractivity contribution is -0.134. The number of carbonyl (C=O) groups is 1. The van der Waals surface area contributed by atoms with Gasteiger partial charge in [0.15, 0.2) is 6.10 Å². The van der Waals surface area contributed by atoms with E-state index in [2.05, 4.69) is 25.7 Å². The van der Waals surface area contributed by atoms with E-state index in [4.69, 9.17) is 9.84 Å². The summed E-state index contributed by atoms with van der Waals surface area (Å²) < 4.78 is 5.20. The number of unbranched alkanes of at least 4 members (excludes halogenated alkanes) is 10. The first kappa shape index (κ1) is 25.1. The molecule has 0 rings (SSSR count). The van der Waals surface area contributed by atoms with Crippen LogP contribution in [0.25, 0.3) is 0 Å². The average molecular weight is 370 g/mol. The van der Waals surface area contributed by atoms with E-state index in [1.807, 2.05) is 0 Å². The van der Waals surface area contributed by atoms with Crippen molar-refractivity contribution in [2.45, 2.75) is 97.0 Å². The van der Waals surface area contributed by atoms with Crippen LogP contribution in [-0.2, 0) is 9.53 Å². The van der Waals surface area contributed by atoms with Gasteiger partial charge in [-0.2, -0.15) is 0 Å². The molecular weight excluding hydrogens is 326 g/mol. The van der Waals surface area contributed by atoms with E-state index in [0.29, 0.717) is 6.54 Å². The molecule has 0 radical (unpaired) electrons. The van der Waals surface area contributed by atoms with Gasteiger partial charge in [0.25, 0.3) is 5.91 Å². The van der Waals surface area contributed by atoms with E-state index in [0.717, 1.165) is 18.8 Å². The number of nitrogens with one attached hydrogen (secondary N) is 1. The third-order valence-electron chi connectivity index (χ3n) is 4.63. The average Bonchev–Trinajstić information content (AvgIpc) is 2.62. The SMILES string of the molecule is C=CCO[C@H](CO)C(=O)NCCCCCCCCCCCCCC(C)C. The summed E-state index contributed by atoms with van der Waals surface area (Å²) in [5.74, 6) is 0.618. The van der Waals surface area contributed by atoms with Crippen LogP contribution in [0.15, 0.2) is 12.7 Å². The van der Waals surface area contributed by atoms with Crippen LogP contribution in [0.2, 0.25) is 0 Å². The summed E-state index contributed by atoms with van der Waals surface area (Å²) in [5, 5.41) is 12.0. The quantitative estimate of drug-likeness (QED) is 0.249. The number of aliphatic hydroxyl groups excluding tert-OH is 1. The van der Waals surface area contributed by atoms with Gasteiger partial charge < -0.3 is 15.2 Å². The summed E-state index contributed by atoms with van der Waals surface area (Å²) >= 11 is 0. The van der Waals surface area contributed by atoms with Crippen LogP contribution in [0.4, 0.5) is 0 Å². The van der Waals surface area contributed by atoms with Gasteiger partial charge in [-0.25, -0.2) is 0 Å². The minimum atomic E-state index is -0.779. The fourth-order valence-electron chi connectivity index (χ4n) is 2.99. The Morgan fingerprint density at radius 3 is 1.92 bits per heavy atom. The number of hydrogen-bond donors (Lipinski definition) is 2. The maximum absolute atomic E-state index is 11.8. The van der Waals surface area contributed by atoms with Crippen LogP contribution < -0.4 is 5.32 Å². The minimum absolute atomic E-state index is 0.234. The van der Waals surface area contributed by atoms with E-state index < -0.39 is 6.10 Å². The summed E-state index contributed by atoms with van der Waals surface area (Å²) in [7, 11) is 0. The molecule has 0 spiro atoms. The van der Waals surface area contributed by atoms with E-state index in [1.165, 1.54) is 64.2 Å². The molecule has 1 atom stereocenters. The van der Waals surface area contributed by atoms with Crippen LogP contribution in [-0.4, -0.2) is 36.9 Å². The van der Waals surface area contributed by atoms with Gasteiger partial charge in [-0.3, -0.25) is 4.79 Å². The highest BCUT2D eigenvalue weighted by molar-refractivity contribution is 5.80. The first-order valence-corrected chi connectivity index (χ1v) is 10.7. The van der Waals surface area contributed by atoms with Crippen LogP contribution >= 0.6 is 0 Å². The normalized spacial score (nSPS) is 12.3. The smallest absolute Gasteiger partial charge is 0.251 e. The van der Waals surface area contributed by atoms with E-state index in [-0.39, 0.29) is 19.1 Å². The summed E-state index contributed by atoms with van der Waals surface area (Å²) in [6, 6.07) is 0. The molecule has 4 nitrogen and oxygen atoms in total. The van der Waals surface area contributed by atoms with Crippen molar-refractivity contribution in [1.82, 2.24) is 5.32 Å². The molecule has 0 aromatic rings. The van der Waals surface area contributed by atoms with Gasteiger partial charge in [-0.05, 0) is 12.3 Å². The molecule has 2 N–H and O–H groups in total. The lowest BCUT2D eigenvalue weighted by Gasteiger charge is -2.14. The second-order valence-corrected chi connectivity index (χ2v) is 7.66. The third kappa shape index (κ3) is 16.6. The van der Waals surface area contributed by atoms with E-state index in [1.54, 1.807) is 6.08 Å². The lowest BCUT2D eigenvalue weighted by atomic mass is 10.0. The third-order valence-corrected chi connectivity index (χ3v) is 4.63. The van der Waals surface area contributed by atoms with Gasteiger partial charge in [0.05, 0.1) is 13.2 Å². The molecule has 0 aromatic heterocycles. The number of carbonyl (C=O) groups excluding carboxylic acids is 1. The van der Waals surface area contributed by atoms with Crippen molar-refractivity contribution in [3.63, 3.8) is 0 Å². The molecule has 0 saturated heterocycles. The first-order chi connectivity index (χ1) is 12.6. The van der Waals surface area contributed by atoms with Crippen molar-refractivity contribution in [3.8, 4) is 0 Å². The molecule has 0 unspecified atom stereocenters. The van der Waals surface area contributed by atoms with E-state index in [9.17, 15) is 4.79 Å². The van der Waals surface area contributed by atoms with Gasteiger partial charge in [-0.1, -0.05) is 90.6 Å². The van der Waals surface area contributed by atoms with Crippen LogP contribution in [0.1, 0.15) is 90.9 Å². The Hall–Kier alpha value is -0.870. The molecule has 0 aliphatic rings. The molecule has 1 amide bonds. The van der Waals surface area contributed by atoms with Crippen molar-refractivity contribution in [3.05, 3.63) is 12.7 Å². The van der Waals surface area contributed by atoms with Crippen LogP contribution in [0.3, 0.4) is 0 Å². The highest BCUT2D eigenvalue weighted by Crippen LogP contribution is 2.13. The Kier molecular flexibility index (Phi) is 18.3. The maximum Gasteiger partial charge on any atom is 0.251 e. The predicted octanol–water partition coefficient (Wildman–Crippen LogP) is 5.00. The monoisotopic (exact) mass is 369 g/mol.